The van der Waals surface area contributed by atoms with Crippen LogP contribution in [0.25, 0.3) is 70.6 Å². The van der Waals surface area contributed by atoms with Crippen LogP contribution in [-0.2, 0) is 0 Å². The first kappa shape index (κ1) is 42.6. The van der Waals surface area contributed by atoms with Gasteiger partial charge < -0.3 is 14.4 Å². The van der Waals surface area contributed by atoms with Gasteiger partial charge in [-0.15, -0.1) is 0 Å². The highest BCUT2D eigenvalue weighted by atomic mass is 28.3. The first-order valence-electron chi connectivity index (χ1n) is 24.3. The summed E-state index contributed by atoms with van der Waals surface area (Å²) in [6, 6.07) is 84.0. The topological polar surface area (TPSA) is 11.4 Å². The fourth-order valence-corrected chi connectivity index (χ4v) is 13.1. The number of hydrogen-bond donors (Lipinski definition) is 0. The number of nitrogens with zero attached hydrogens (tertiary/aromatic N) is 3. The molecule has 0 saturated heterocycles. The molecule has 0 N–H and O–H groups in total. The minimum Gasteiger partial charge on any atom is -0.310 e. The van der Waals surface area contributed by atoms with Crippen LogP contribution in [0.2, 0.25) is 39.3 Å². The van der Waals surface area contributed by atoms with Crippen LogP contribution in [0.5, 0.6) is 0 Å². The molecule has 0 unspecified atom stereocenters. The summed E-state index contributed by atoms with van der Waals surface area (Å²) in [4.78, 5) is 4.95. The maximum Gasteiger partial charge on any atom is 0.0775 e. The SMILES string of the molecule is C[Si](C)(C)c1ccc(N(c2ccccc2)c2cc3c(c4ccccc24)c2c4ccccc4c(N(c4ccccc4)c4ccc([Si](C)(C)C)cc4)cc2n3-c2cc3ccccc3c3ccccc23)cc1. The highest BCUT2D eigenvalue weighted by Crippen LogP contribution is 2.50. The van der Waals surface area contributed by atoms with E-state index in [9.17, 15) is 0 Å². The van der Waals surface area contributed by atoms with E-state index >= 15 is 0 Å². The molecule has 0 atom stereocenters. The molecular formula is C64H55N3Si2. The van der Waals surface area contributed by atoms with Gasteiger partial charge in [-0.3, -0.25) is 0 Å². The van der Waals surface area contributed by atoms with Gasteiger partial charge in [0.1, 0.15) is 0 Å². The summed E-state index contributed by atoms with van der Waals surface area (Å²) in [6.45, 7) is 14.5. The van der Waals surface area contributed by atoms with Crippen molar-refractivity contribution in [2.45, 2.75) is 39.3 Å². The van der Waals surface area contributed by atoms with Crippen LogP contribution >= 0.6 is 0 Å². The monoisotopic (exact) mass is 921 g/mol. The Morgan fingerprint density at radius 1 is 0.304 bits per heavy atom. The Morgan fingerprint density at radius 2 is 0.652 bits per heavy atom. The standard InChI is InChI=1S/C64H55N3Si2/c1-68(2,3)49-37-33-47(34-38-49)65(45-22-9-7-10-23-45)59-42-61-63(56-31-19-17-29-54(56)59)64-57-32-20-18-30-55(57)60(66(46-24-11-8-12-25-46)48-35-39-50(40-36-48)69(4,5)6)43-62(64)67(61)58-41-44-21-13-14-26-51(44)52-27-15-16-28-53(52)58/h7-43H,1-6H3. The smallest absolute Gasteiger partial charge is 0.0775 e. The van der Waals surface area contributed by atoms with Crippen LogP contribution in [0.3, 0.4) is 0 Å². The van der Waals surface area contributed by atoms with Crippen LogP contribution in [0.1, 0.15) is 0 Å². The highest BCUT2D eigenvalue weighted by molar-refractivity contribution is 6.89. The van der Waals surface area contributed by atoms with Crippen LogP contribution in [-0.4, -0.2) is 20.7 Å². The Morgan fingerprint density at radius 3 is 1.09 bits per heavy atom. The second-order valence-electron chi connectivity index (χ2n) is 20.6. The van der Waals surface area contributed by atoms with E-state index in [0.717, 1.165) is 50.8 Å². The summed E-state index contributed by atoms with van der Waals surface area (Å²) < 4.78 is 2.60. The van der Waals surface area contributed by atoms with Crippen LogP contribution in [0.4, 0.5) is 34.1 Å². The lowest BCUT2D eigenvalue weighted by Gasteiger charge is -2.28. The average Bonchev–Trinajstić information content (AvgIpc) is 3.71. The number of para-hydroxylation sites is 2. The molecule has 0 amide bonds. The lowest BCUT2D eigenvalue weighted by atomic mass is 9.96. The predicted molar refractivity (Wildman–Crippen MR) is 306 cm³/mol. The number of rotatable bonds is 9. The molecule has 3 nitrogen and oxygen atoms in total. The third-order valence-electron chi connectivity index (χ3n) is 14.2. The number of fused-ring (bicyclic) bond motifs is 10. The second kappa shape index (κ2) is 16.5. The molecule has 12 rings (SSSR count). The van der Waals surface area contributed by atoms with Crippen molar-refractivity contribution in [2.75, 3.05) is 9.80 Å². The molecule has 5 heteroatoms. The van der Waals surface area contributed by atoms with Crippen molar-refractivity contribution in [3.63, 3.8) is 0 Å². The van der Waals surface area contributed by atoms with Gasteiger partial charge in [0.15, 0.2) is 0 Å². The first-order valence-corrected chi connectivity index (χ1v) is 31.3. The van der Waals surface area contributed by atoms with E-state index < -0.39 is 16.1 Å². The maximum atomic E-state index is 2.60. The van der Waals surface area contributed by atoms with E-state index in [0.29, 0.717) is 0 Å². The van der Waals surface area contributed by atoms with E-state index in [1.54, 1.807) is 0 Å². The van der Waals surface area contributed by atoms with Crippen molar-refractivity contribution in [1.82, 2.24) is 4.57 Å². The fourth-order valence-electron chi connectivity index (χ4n) is 10.8. The molecule has 0 bridgehead atoms. The van der Waals surface area contributed by atoms with Crippen molar-refractivity contribution in [3.05, 3.63) is 224 Å². The first-order chi connectivity index (χ1) is 33.5. The van der Waals surface area contributed by atoms with Gasteiger partial charge in [0.25, 0.3) is 0 Å². The van der Waals surface area contributed by atoms with Crippen LogP contribution in [0, 0.1) is 0 Å². The number of hydrogen-bond acceptors (Lipinski definition) is 2. The molecule has 0 fully saturated rings. The Kier molecular flexibility index (Phi) is 10.2. The molecule has 1 heterocycles. The zero-order chi connectivity index (χ0) is 47.0. The number of benzene rings is 11. The van der Waals surface area contributed by atoms with E-state index in [1.807, 2.05) is 0 Å². The summed E-state index contributed by atoms with van der Waals surface area (Å²) in [5, 5.41) is 15.1. The van der Waals surface area contributed by atoms with Crippen molar-refractivity contribution >= 4 is 126 Å². The number of anilines is 6. The van der Waals surface area contributed by atoms with Gasteiger partial charge >= 0.3 is 0 Å². The summed E-state index contributed by atoms with van der Waals surface area (Å²) in [6.07, 6.45) is 0. The van der Waals surface area contributed by atoms with E-state index in [-0.39, 0.29) is 0 Å². The summed E-state index contributed by atoms with van der Waals surface area (Å²) in [7, 11) is -3.10. The average molecular weight is 922 g/mol. The molecule has 0 radical (unpaired) electrons. The molecule has 0 saturated carbocycles. The minimum atomic E-state index is -1.55. The predicted octanol–water partition coefficient (Wildman–Crippen LogP) is 17.4. The lowest BCUT2D eigenvalue weighted by Crippen LogP contribution is -2.37. The van der Waals surface area contributed by atoms with Crippen molar-refractivity contribution in [3.8, 4) is 5.69 Å². The lowest BCUT2D eigenvalue weighted by molar-refractivity contribution is 1.20. The van der Waals surface area contributed by atoms with Gasteiger partial charge in [0.2, 0.25) is 0 Å². The third kappa shape index (κ3) is 7.23. The van der Waals surface area contributed by atoms with Crippen LogP contribution < -0.4 is 20.2 Å². The Labute approximate surface area is 407 Å². The molecule has 0 aliphatic carbocycles. The molecule has 0 aliphatic rings. The normalized spacial score (nSPS) is 12.2. The van der Waals surface area contributed by atoms with E-state index in [2.05, 4.69) is 278 Å². The summed E-state index contributed by atoms with van der Waals surface area (Å²) in [5.74, 6) is 0. The van der Waals surface area contributed by atoms with E-state index in [1.165, 1.54) is 64.2 Å². The quantitative estimate of drug-likeness (QED) is 0.106. The van der Waals surface area contributed by atoms with Gasteiger partial charge in [-0.1, -0.05) is 207 Å². The van der Waals surface area contributed by atoms with Gasteiger partial charge in [-0.2, -0.15) is 0 Å². The molecule has 0 spiro atoms. The fraction of sp³-hybridized carbons (Fsp3) is 0.0938. The molecule has 0 aliphatic heterocycles. The Bertz CT molecular complexity index is 3700. The largest absolute Gasteiger partial charge is 0.310 e. The minimum absolute atomic E-state index is 1.12. The van der Waals surface area contributed by atoms with Crippen molar-refractivity contribution in [2.24, 2.45) is 0 Å². The van der Waals surface area contributed by atoms with Crippen LogP contribution in [0.15, 0.2) is 224 Å². The second-order valence-corrected chi connectivity index (χ2v) is 30.8. The zero-order valence-corrected chi connectivity index (χ0v) is 42.2. The molecule has 334 valence electrons. The van der Waals surface area contributed by atoms with Crippen molar-refractivity contribution in [1.29, 1.82) is 0 Å². The van der Waals surface area contributed by atoms with Gasteiger partial charge in [-0.05, 0) is 93.7 Å². The molecule has 69 heavy (non-hydrogen) atoms. The highest BCUT2D eigenvalue weighted by Gasteiger charge is 2.27. The van der Waals surface area contributed by atoms with Gasteiger partial charge in [-0.25, -0.2) is 0 Å². The Hall–Kier alpha value is -7.71. The molecule has 1 aromatic heterocycles. The third-order valence-corrected chi connectivity index (χ3v) is 18.3. The van der Waals surface area contributed by atoms with Gasteiger partial charge in [0, 0.05) is 49.7 Å². The van der Waals surface area contributed by atoms with Crippen molar-refractivity contribution < 1.29 is 0 Å². The van der Waals surface area contributed by atoms with Gasteiger partial charge in [0.05, 0.1) is 44.2 Å². The Balaban J connectivity index is 1.26. The zero-order valence-electron chi connectivity index (χ0n) is 40.2. The van der Waals surface area contributed by atoms with E-state index in [4.69, 9.17) is 0 Å². The molecule has 11 aromatic carbocycles. The maximum absolute atomic E-state index is 2.60. The number of aromatic nitrogens is 1. The summed E-state index contributed by atoms with van der Waals surface area (Å²) in [5.41, 5.74) is 10.3. The molecular weight excluding hydrogens is 867 g/mol. The molecule has 12 aromatic rings. The summed E-state index contributed by atoms with van der Waals surface area (Å²) >= 11 is 0.